The SMILES string of the molecule is O=C(NCC1(C(=O)N2CC(O)CC2C(=O)O)CC1)OCC1c2ccccc2-c2ccccc21. The minimum atomic E-state index is -1.12. The van der Waals surface area contributed by atoms with Gasteiger partial charge in [-0.1, -0.05) is 48.5 Å². The van der Waals surface area contributed by atoms with Gasteiger partial charge in [-0.05, 0) is 35.1 Å². The standard InChI is InChI=1S/C25H26N2O6/c28-15-11-21(22(29)30)27(12-15)23(31)25(9-10-25)14-26-24(32)33-13-20-18-7-3-1-5-16(18)17-6-2-4-8-19(17)20/h1-8,15,20-21,28H,9-14H2,(H,26,32)(H,29,30). The normalized spacial score (nSPS) is 22.4. The summed E-state index contributed by atoms with van der Waals surface area (Å²) in [6.45, 7) is 0.268. The summed E-state index contributed by atoms with van der Waals surface area (Å²) in [5.74, 6) is -1.51. The number of aliphatic hydroxyl groups is 1. The van der Waals surface area contributed by atoms with Crippen LogP contribution in [0.5, 0.6) is 0 Å². The van der Waals surface area contributed by atoms with Gasteiger partial charge in [-0.25, -0.2) is 9.59 Å². The minimum absolute atomic E-state index is 0.00247. The molecule has 1 saturated carbocycles. The fourth-order valence-corrected chi connectivity index (χ4v) is 5.08. The van der Waals surface area contributed by atoms with Crippen molar-refractivity contribution in [3.63, 3.8) is 0 Å². The number of fused-ring (bicyclic) bond motifs is 3. The molecule has 2 aromatic rings. The molecule has 0 aromatic heterocycles. The zero-order valence-electron chi connectivity index (χ0n) is 18.1. The van der Waals surface area contributed by atoms with E-state index in [2.05, 4.69) is 17.4 Å². The first kappa shape index (κ1) is 21.5. The van der Waals surface area contributed by atoms with Gasteiger partial charge in [0.25, 0.3) is 0 Å². The van der Waals surface area contributed by atoms with Crippen LogP contribution in [0, 0.1) is 5.41 Å². The molecule has 172 valence electrons. The number of aliphatic carboxylic acids is 1. The van der Waals surface area contributed by atoms with Gasteiger partial charge in [0.05, 0.1) is 11.5 Å². The highest BCUT2D eigenvalue weighted by molar-refractivity contribution is 5.90. The number of β-amino-alcohol motifs (C(OH)–C–C–N with tert-alkyl or cyclic N) is 1. The Morgan fingerprint density at radius 1 is 1.03 bits per heavy atom. The van der Waals surface area contributed by atoms with Gasteiger partial charge in [0.15, 0.2) is 0 Å². The Balaban J connectivity index is 1.20. The number of nitrogens with one attached hydrogen (secondary N) is 1. The highest BCUT2D eigenvalue weighted by atomic mass is 16.5. The Labute approximate surface area is 191 Å². The van der Waals surface area contributed by atoms with Crippen LogP contribution in [0.3, 0.4) is 0 Å². The molecule has 33 heavy (non-hydrogen) atoms. The van der Waals surface area contributed by atoms with Gasteiger partial charge in [-0.2, -0.15) is 0 Å². The Bertz CT molecular complexity index is 1070. The number of rotatable bonds is 6. The lowest BCUT2D eigenvalue weighted by atomic mass is 9.98. The molecule has 0 bridgehead atoms. The third-order valence-electron chi connectivity index (χ3n) is 7.05. The molecule has 0 radical (unpaired) electrons. The molecule has 2 amide bonds. The summed E-state index contributed by atoms with van der Waals surface area (Å²) in [4.78, 5) is 38.2. The van der Waals surface area contributed by atoms with Gasteiger partial charge < -0.3 is 25.2 Å². The maximum atomic E-state index is 13.0. The molecule has 1 heterocycles. The predicted octanol–water partition coefficient (Wildman–Crippen LogP) is 2.35. The second-order valence-electron chi connectivity index (χ2n) is 9.16. The van der Waals surface area contributed by atoms with Crippen LogP contribution in [0.2, 0.25) is 0 Å². The van der Waals surface area contributed by atoms with E-state index in [1.165, 1.54) is 4.90 Å². The number of carboxylic acids is 1. The number of benzene rings is 2. The van der Waals surface area contributed by atoms with Crippen molar-refractivity contribution < 1.29 is 29.3 Å². The topological polar surface area (TPSA) is 116 Å². The van der Waals surface area contributed by atoms with E-state index in [1.54, 1.807) is 0 Å². The van der Waals surface area contributed by atoms with Crippen LogP contribution < -0.4 is 5.32 Å². The van der Waals surface area contributed by atoms with Gasteiger partial charge in [-0.3, -0.25) is 4.79 Å². The van der Waals surface area contributed by atoms with Gasteiger partial charge >= 0.3 is 12.1 Å². The van der Waals surface area contributed by atoms with E-state index in [9.17, 15) is 24.6 Å². The number of aliphatic hydroxyl groups excluding tert-OH is 1. The van der Waals surface area contributed by atoms with E-state index in [0.29, 0.717) is 12.8 Å². The van der Waals surface area contributed by atoms with Gasteiger partial charge in [-0.15, -0.1) is 0 Å². The number of carboxylic acid groups (broad SMARTS) is 1. The summed E-state index contributed by atoms with van der Waals surface area (Å²) in [6.07, 6.45) is -0.298. The van der Waals surface area contributed by atoms with Crippen molar-refractivity contribution in [2.45, 2.75) is 37.3 Å². The molecule has 5 rings (SSSR count). The Morgan fingerprint density at radius 3 is 2.21 bits per heavy atom. The van der Waals surface area contributed by atoms with Gasteiger partial charge in [0.2, 0.25) is 5.91 Å². The summed E-state index contributed by atoms with van der Waals surface area (Å²) in [5.41, 5.74) is 3.71. The van der Waals surface area contributed by atoms with E-state index in [4.69, 9.17) is 4.74 Å². The highest BCUT2D eigenvalue weighted by Crippen LogP contribution is 2.48. The zero-order valence-corrected chi connectivity index (χ0v) is 18.1. The fourth-order valence-electron chi connectivity index (χ4n) is 5.08. The number of amides is 2. The summed E-state index contributed by atoms with van der Waals surface area (Å²) >= 11 is 0. The maximum absolute atomic E-state index is 13.0. The monoisotopic (exact) mass is 450 g/mol. The van der Waals surface area contributed by atoms with Crippen molar-refractivity contribution in [2.75, 3.05) is 19.7 Å². The molecule has 3 N–H and O–H groups in total. The first-order chi connectivity index (χ1) is 15.9. The molecule has 2 aromatic carbocycles. The first-order valence-electron chi connectivity index (χ1n) is 11.2. The molecule has 1 saturated heterocycles. The Morgan fingerprint density at radius 2 is 1.64 bits per heavy atom. The van der Waals surface area contributed by atoms with E-state index < -0.39 is 29.6 Å². The van der Waals surface area contributed by atoms with Gasteiger partial charge in [0.1, 0.15) is 12.6 Å². The number of alkyl carbamates (subject to hydrolysis) is 1. The van der Waals surface area contributed by atoms with Crippen LogP contribution in [-0.2, 0) is 14.3 Å². The molecular formula is C25H26N2O6. The number of likely N-dealkylation sites (tertiary alicyclic amines) is 1. The van der Waals surface area contributed by atoms with Crippen molar-refractivity contribution in [2.24, 2.45) is 5.41 Å². The number of nitrogens with zero attached hydrogens (tertiary/aromatic N) is 1. The number of hydrogen-bond donors (Lipinski definition) is 3. The average molecular weight is 450 g/mol. The molecule has 2 unspecified atom stereocenters. The van der Waals surface area contributed by atoms with Crippen LogP contribution in [-0.4, -0.2) is 64.9 Å². The van der Waals surface area contributed by atoms with Crippen molar-refractivity contribution in [3.05, 3.63) is 59.7 Å². The average Bonchev–Trinajstić information content (AvgIpc) is 3.41. The lowest BCUT2D eigenvalue weighted by molar-refractivity contribution is -0.150. The molecule has 2 fully saturated rings. The summed E-state index contributed by atoms with van der Waals surface area (Å²) < 4.78 is 5.54. The number of ether oxygens (including phenoxy) is 1. The largest absolute Gasteiger partial charge is 0.480 e. The molecule has 0 spiro atoms. The van der Waals surface area contributed by atoms with E-state index >= 15 is 0 Å². The minimum Gasteiger partial charge on any atom is -0.480 e. The van der Waals surface area contributed by atoms with Crippen molar-refractivity contribution >= 4 is 18.0 Å². The molecule has 2 atom stereocenters. The smallest absolute Gasteiger partial charge is 0.407 e. The summed E-state index contributed by atoms with van der Waals surface area (Å²) in [7, 11) is 0. The molecule has 8 nitrogen and oxygen atoms in total. The predicted molar refractivity (Wildman–Crippen MR) is 118 cm³/mol. The number of hydrogen-bond acceptors (Lipinski definition) is 5. The highest BCUT2D eigenvalue weighted by Gasteiger charge is 2.55. The van der Waals surface area contributed by atoms with Crippen LogP contribution in [0.25, 0.3) is 11.1 Å². The number of carbonyl (C=O) groups is 3. The van der Waals surface area contributed by atoms with E-state index in [-0.39, 0.29) is 37.9 Å². The zero-order chi connectivity index (χ0) is 23.2. The van der Waals surface area contributed by atoms with Crippen LogP contribution in [0.4, 0.5) is 4.79 Å². The quantitative estimate of drug-likeness (QED) is 0.622. The maximum Gasteiger partial charge on any atom is 0.407 e. The molecule has 8 heteroatoms. The lowest BCUT2D eigenvalue weighted by Gasteiger charge is -2.26. The molecular weight excluding hydrogens is 424 g/mol. The van der Waals surface area contributed by atoms with Crippen LogP contribution in [0.15, 0.2) is 48.5 Å². The van der Waals surface area contributed by atoms with Crippen LogP contribution >= 0.6 is 0 Å². The first-order valence-corrected chi connectivity index (χ1v) is 11.2. The molecule has 2 aliphatic carbocycles. The lowest BCUT2D eigenvalue weighted by Crippen LogP contribution is -2.47. The third-order valence-corrected chi connectivity index (χ3v) is 7.05. The van der Waals surface area contributed by atoms with Crippen molar-refractivity contribution in [3.8, 4) is 11.1 Å². The van der Waals surface area contributed by atoms with Gasteiger partial charge in [0, 0.05) is 25.4 Å². The van der Waals surface area contributed by atoms with E-state index in [0.717, 1.165) is 22.3 Å². The Hall–Kier alpha value is -3.39. The summed E-state index contributed by atoms with van der Waals surface area (Å²) in [6, 6.07) is 15.1. The van der Waals surface area contributed by atoms with Crippen LogP contribution in [0.1, 0.15) is 36.3 Å². The summed E-state index contributed by atoms with van der Waals surface area (Å²) in [5, 5.41) is 21.9. The molecule has 1 aliphatic heterocycles. The van der Waals surface area contributed by atoms with Crippen molar-refractivity contribution in [1.82, 2.24) is 10.2 Å². The second-order valence-corrected chi connectivity index (χ2v) is 9.16. The molecule has 3 aliphatic rings. The second kappa shape index (κ2) is 8.19. The van der Waals surface area contributed by atoms with Crippen molar-refractivity contribution in [1.29, 1.82) is 0 Å². The number of carbonyl (C=O) groups excluding carboxylic acids is 2. The van der Waals surface area contributed by atoms with E-state index in [1.807, 2.05) is 36.4 Å². The fraction of sp³-hybridized carbons (Fsp3) is 0.400. The third kappa shape index (κ3) is 3.84. The Kier molecular flexibility index (Phi) is 5.32.